The highest BCUT2D eigenvalue weighted by atomic mass is 35.5. The first-order valence-corrected chi connectivity index (χ1v) is 12.7. The summed E-state index contributed by atoms with van der Waals surface area (Å²) in [6.45, 7) is 3.68. The first-order chi connectivity index (χ1) is 18.3. The van der Waals surface area contributed by atoms with Crippen molar-refractivity contribution in [3.8, 4) is 0 Å². The number of halogens is 1. The molecule has 0 heterocycles. The Morgan fingerprint density at radius 2 is 1.55 bits per heavy atom. The third kappa shape index (κ3) is 8.07. The number of hydrogen-bond donors (Lipinski definition) is 1. The van der Waals surface area contributed by atoms with Gasteiger partial charge in [-0.2, -0.15) is 0 Å². The van der Waals surface area contributed by atoms with Gasteiger partial charge in [-0.25, -0.2) is 0 Å². The van der Waals surface area contributed by atoms with E-state index < -0.39 is 0 Å². The number of nitrogens with two attached hydrogens (primary N) is 1. The van der Waals surface area contributed by atoms with Crippen LogP contribution in [-0.2, 0) is 35.8 Å². The molecule has 198 valence electrons. The molecule has 0 radical (unpaired) electrons. The van der Waals surface area contributed by atoms with Gasteiger partial charge < -0.3 is 20.3 Å². The highest BCUT2D eigenvalue weighted by molar-refractivity contribution is 6.39. The number of rotatable bonds is 12. The SMILES string of the molecule is CC(=C/C(OCc1ccccc1CN(C)C(=O)c1ccccc1)=C(/Cl)C=O)N(C)Cc1cccc(CN)c1. The fourth-order valence-electron chi connectivity index (χ4n) is 3.93. The smallest absolute Gasteiger partial charge is 0.253 e. The lowest BCUT2D eigenvalue weighted by Gasteiger charge is -2.22. The third-order valence-corrected chi connectivity index (χ3v) is 6.48. The van der Waals surface area contributed by atoms with Gasteiger partial charge in [0.15, 0.2) is 6.29 Å². The molecule has 0 aliphatic heterocycles. The van der Waals surface area contributed by atoms with Crippen molar-refractivity contribution in [2.24, 2.45) is 5.73 Å². The van der Waals surface area contributed by atoms with Crippen LogP contribution in [0.15, 0.2) is 101 Å². The number of allylic oxidation sites excluding steroid dienone is 3. The second kappa shape index (κ2) is 14.2. The number of hydrogen-bond acceptors (Lipinski definition) is 5. The van der Waals surface area contributed by atoms with Crippen molar-refractivity contribution in [1.82, 2.24) is 9.80 Å². The molecule has 3 aromatic rings. The number of amides is 1. The molecule has 7 heteroatoms. The van der Waals surface area contributed by atoms with Gasteiger partial charge in [0.25, 0.3) is 5.91 Å². The first kappa shape index (κ1) is 28.7. The fourth-order valence-corrected chi connectivity index (χ4v) is 4.04. The van der Waals surface area contributed by atoms with E-state index in [2.05, 4.69) is 6.07 Å². The van der Waals surface area contributed by atoms with E-state index in [-0.39, 0.29) is 23.3 Å². The van der Waals surface area contributed by atoms with Crippen LogP contribution in [0.5, 0.6) is 0 Å². The predicted molar refractivity (Wildman–Crippen MR) is 152 cm³/mol. The molecule has 0 unspecified atom stereocenters. The molecule has 0 saturated heterocycles. The molecule has 3 rings (SSSR count). The van der Waals surface area contributed by atoms with E-state index in [0.717, 1.165) is 28.0 Å². The lowest BCUT2D eigenvalue weighted by atomic mass is 10.1. The Bertz CT molecular complexity index is 1300. The molecule has 1 amide bonds. The third-order valence-electron chi connectivity index (χ3n) is 6.20. The van der Waals surface area contributed by atoms with Crippen molar-refractivity contribution in [2.45, 2.75) is 33.2 Å². The van der Waals surface area contributed by atoms with Crippen molar-refractivity contribution in [3.63, 3.8) is 0 Å². The zero-order chi connectivity index (χ0) is 27.5. The highest BCUT2D eigenvalue weighted by Crippen LogP contribution is 2.20. The van der Waals surface area contributed by atoms with Gasteiger partial charge in [0, 0.05) is 51.1 Å². The summed E-state index contributed by atoms with van der Waals surface area (Å²) >= 11 is 6.24. The van der Waals surface area contributed by atoms with Gasteiger partial charge in [-0.05, 0) is 41.3 Å². The predicted octanol–water partition coefficient (Wildman–Crippen LogP) is 5.62. The standard InChI is InChI=1S/C31H34ClN3O3/c1-23(34(2)19-25-11-9-10-24(17-25)18-33)16-30(29(32)21-36)38-22-28-15-8-7-14-27(28)20-35(3)31(37)26-12-5-4-6-13-26/h4-17,21H,18-20,22,33H2,1-3H3/b23-16?,30-29-. The first-order valence-electron chi connectivity index (χ1n) is 12.3. The van der Waals surface area contributed by atoms with Gasteiger partial charge in [-0.1, -0.05) is 78.3 Å². The topological polar surface area (TPSA) is 75.9 Å². The van der Waals surface area contributed by atoms with Gasteiger partial charge in [-0.3, -0.25) is 9.59 Å². The summed E-state index contributed by atoms with van der Waals surface area (Å²) < 4.78 is 6.05. The Morgan fingerprint density at radius 1 is 0.895 bits per heavy atom. The fraction of sp³-hybridized carbons (Fsp3) is 0.226. The van der Waals surface area contributed by atoms with Crippen molar-refractivity contribution in [1.29, 1.82) is 0 Å². The summed E-state index contributed by atoms with van der Waals surface area (Å²) in [6.07, 6.45) is 2.33. The zero-order valence-electron chi connectivity index (χ0n) is 22.1. The monoisotopic (exact) mass is 531 g/mol. The summed E-state index contributed by atoms with van der Waals surface area (Å²) in [5, 5.41) is -0.0169. The Balaban J connectivity index is 1.72. The van der Waals surface area contributed by atoms with Crippen molar-refractivity contribution >= 4 is 23.8 Å². The normalized spacial score (nSPS) is 12.0. The molecular weight excluding hydrogens is 498 g/mol. The van der Waals surface area contributed by atoms with Crippen molar-refractivity contribution < 1.29 is 14.3 Å². The highest BCUT2D eigenvalue weighted by Gasteiger charge is 2.14. The minimum atomic E-state index is -0.0653. The lowest BCUT2D eigenvalue weighted by molar-refractivity contribution is -0.104. The summed E-state index contributed by atoms with van der Waals surface area (Å²) in [7, 11) is 3.73. The van der Waals surface area contributed by atoms with Gasteiger partial charge >= 0.3 is 0 Å². The number of ether oxygens (including phenoxy) is 1. The van der Waals surface area contributed by atoms with Gasteiger partial charge in [0.1, 0.15) is 17.4 Å². The summed E-state index contributed by atoms with van der Waals surface area (Å²) in [6, 6.07) is 25.0. The molecular formula is C31H34ClN3O3. The summed E-state index contributed by atoms with van der Waals surface area (Å²) in [5.74, 6) is 0.217. The van der Waals surface area contributed by atoms with Gasteiger partial charge in [-0.15, -0.1) is 0 Å². The second-order valence-electron chi connectivity index (χ2n) is 9.08. The molecule has 0 spiro atoms. The van der Waals surface area contributed by atoms with Crippen LogP contribution in [0.4, 0.5) is 0 Å². The number of carbonyl (C=O) groups is 2. The Morgan fingerprint density at radius 3 is 2.24 bits per heavy atom. The molecule has 0 bridgehead atoms. The number of benzene rings is 3. The molecule has 0 aromatic heterocycles. The summed E-state index contributed by atoms with van der Waals surface area (Å²) in [5.41, 5.74) is 11.3. The van der Waals surface area contributed by atoms with E-state index in [9.17, 15) is 9.59 Å². The molecule has 0 saturated carbocycles. The quantitative estimate of drug-likeness (QED) is 0.142. The Hall–Kier alpha value is -3.87. The number of aldehydes is 1. The molecule has 0 atom stereocenters. The molecule has 6 nitrogen and oxygen atoms in total. The Labute approximate surface area is 230 Å². The zero-order valence-corrected chi connectivity index (χ0v) is 22.8. The van der Waals surface area contributed by atoms with Crippen LogP contribution >= 0.6 is 11.6 Å². The minimum Gasteiger partial charge on any atom is -0.487 e. The summed E-state index contributed by atoms with van der Waals surface area (Å²) in [4.78, 5) is 28.1. The van der Waals surface area contributed by atoms with Gasteiger partial charge in [0.2, 0.25) is 0 Å². The van der Waals surface area contributed by atoms with Crippen LogP contribution in [0, 0.1) is 0 Å². The maximum Gasteiger partial charge on any atom is 0.253 e. The van der Waals surface area contributed by atoms with Crippen LogP contribution < -0.4 is 5.73 Å². The van der Waals surface area contributed by atoms with E-state index in [0.29, 0.717) is 31.5 Å². The van der Waals surface area contributed by atoms with Crippen LogP contribution in [0.1, 0.15) is 39.5 Å². The van der Waals surface area contributed by atoms with Crippen LogP contribution in [0.2, 0.25) is 0 Å². The van der Waals surface area contributed by atoms with E-state index in [4.69, 9.17) is 22.1 Å². The van der Waals surface area contributed by atoms with E-state index >= 15 is 0 Å². The molecule has 2 N–H and O–H groups in total. The number of carbonyl (C=O) groups excluding carboxylic acids is 2. The number of nitrogens with zero attached hydrogens (tertiary/aromatic N) is 2. The average Bonchev–Trinajstić information content (AvgIpc) is 2.95. The average molecular weight is 532 g/mol. The molecule has 0 fully saturated rings. The maximum atomic E-state index is 12.8. The van der Waals surface area contributed by atoms with Gasteiger partial charge in [0.05, 0.1) is 0 Å². The molecule has 38 heavy (non-hydrogen) atoms. The molecule has 0 aliphatic rings. The molecule has 0 aliphatic carbocycles. The lowest BCUT2D eigenvalue weighted by Crippen LogP contribution is -2.26. The maximum absolute atomic E-state index is 12.8. The van der Waals surface area contributed by atoms with Crippen LogP contribution in [-0.4, -0.2) is 36.1 Å². The van der Waals surface area contributed by atoms with Crippen molar-refractivity contribution in [3.05, 3.63) is 129 Å². The Kier molecular flexibility index (Phi) is 10.7. The molecule has 3 aromatic carbocycles. The van der Waals surface area contributed by atoms with E-state index in [1.54, 1.807) is 30.2 Å². The van der Waals surface area contributed by atoms with Crippen LogP contribution in [0.25, 0.3) is 0 Å². The van der Waals surface area contributed by atoms with E-state index in [1.807, 2.05) is 79.5 Å². The van der Waals surface area contributed by atoms with E-state index in [1.165, 1.54) is 0 Å². The minimum absolute atomic E-state index is 0.0169. The second-order valence-corrected chi connectivity index (χ2v) is 9.49. The largest absolute Gasteiger partial charge is 0.487 e. The van der Waals surface area contributed by atoms with Crippen molar-refractivity contribution in [2.75, 3.05) is 14.1 Å². The van der Waals surface area contributed by atoms with Crippen LogP contribution in [0.3, 0.4) is 0 Å².